The van der Waals surface area contributed by atoms with Crippen LogP contribution >= 0.6 is 0 Å². The number of nitrogens with zero attached hydrogens (tertiary/aromatic N) is 2. The van der Waals surface area contributed by atoms with Crippen LogP contribution in [0.15, 0.2) is 59.4 Å². The molecule has 0 aliphatic heterocycles. The fraction of sp³-hybridized carbons (Fsp3) is 0.261. The molecule has 1 aromatic heterocycles. The lowest BCUT2D eigenvalue weighted by molar-refractivity contribution is -0.137. The number of halogens is 3. The Balaban J connectivity index is 1.90. The van der Waals surface area contributed by atoms with Crippen molar-refractivity contribution in [3.63, 3.8) is 0 Å². The van der Waals surface area contributed by atoms with Crippen molar-refractivity contribution < 1.29 is 18.0 Å². The largest absolute Gasteiger partial charge is 0.416 e. The van der Waals surface area contributed by atoms with Gasteiger partial charge in [-0.3, -0.25) is 9.59 Å². The van der Waals surface area contributed by atoms with Crippen molar-refractivity contribution >= 4 is 11.6 Å². The third kappa shape index (κ3) is 5.39. The van der Waals surface area contributed by atoms with E-state index in [4.69, 9.17) is 0 Å². The highest BCUT2D eigenvalue weighted by Crippen LogP contribution is 2.29. The molecule has 162 valence electrons. The maximum atomic E-state index is 12.8. The molecule has 31 heavy (non-hydrogen) atoms. The van der Waals surface area contributed by atoms with Crippen LogP contribution in [0.25, 0.3) is 16.8 Å². The number of carbonyl (C=O) groups is 1. The summed E-state index contributed by atoms with van der Waals surface area (Å²) in [5, 5.41) is 7.12. The van der Waals surface area contributed by atoms with Crippen LogP contribution in [0, 0.1) is 6.92 Å². The molecule has 0 saturated carbocycles. The first kappa shape index (κ1) is 22.3. The Kier molecular flexibility index (Phi) is 6.58. The predicted molar refractivity (Wildman–Crippen MR) is 113 cm³/mol. The summed E-state index contributed by atoms with van der Waals surface area (Å²) in [6.45, 7) is 3.72. The average molecular weight is 429 g/mol. The molecule has 0 atom stereocenters. The van der Waals surface area contributed by atoms with Gasteiger partial charge in [-0.1, -0.05) is 25.5 Å². The number of carbonyl (C=O) groups excluding carboxylic acids is 1. The number of aryl methyl sites for hydroxylation is 1. The van der Waals surface area contributed by atoms with Crippen molar-refractivity contribution in [2.24, 2.45) is 0 Å². The van der Waals surface area contributed by atoms with Crippen molar-refractivity contribution in [3.8, 4) is 16.8 Å². The van der Waals surface area contributed by atoms with E-state index in [9.17, 15) is 22.8 Å². The highest BCUT2D eigenvalue weighted by atomic mass is 19.4. The Morgan fingerprint density at radius 3 is 2.45 bits per heavy atom. The van der Waals surface area contributed by atoms with Crippen LogP contribution in [0.3, 0.4) is 0 Å². The number of nitrogens with one attached hydrogen (secondary N) is 1. The second-order valence-corrected chi connectivity index (χ2v) is 7.17. The molecule has 5 nitrogen and oxygen atoms in total. The first-order chi connectivity index (χ1) is 14.7. The van der Waals surface area contributed by atoms with E-state index in [2.05, 4.69) is 10.4 Å². The average Bonchev–Trinajstić information content (AvgIpc) is 2.73. The molecule has 1 N–H and O–H groups in total. The van der Waals surface area contributed by atoms with Crippen LogP contribution in [0.5, 0.6) is 0 Å². The number of benzene rings is 2. The molecular formula is C23H22F3N3O2. The standard InChI is InChI=1S/C23H22F3N3O2/c1-3-4-8-21(30)27-18-7-5-6-16(13-18)20-14-22(31)29(28-15(20)2)19-11-9-17(10-12-19)23(24,25)26/h5-7,9-14H,3-4,8H2,1-2H3,(H,27,30). The number of amides is 1. The van der Waals surface area contributed by atoms with E-state index in [1.54, 1.807) is 31.2 Å². The summed E-state index contributed by atoms with van der Waals surface area (Å²) in [5.41, 5.74) is 1.39. The molecular weight excluding hydrogens is 407 g/mol. The van der Waals surface area contributed by atoms with Gasteiger partial charge in [-0.15, -0.1) is 0 Å². The van der Waals surface area contributed by atoms with Crippen LogP contribution < -0.4 is 10.9 Å². The number of rotatable bonds is 6. The van der Waals surface area contributed by atoms with E-state index < -0.39 is 17.3 Å². The Morgan fingerprint density at radius 1 is 1.10 bits per heavy atom. The van der Waals surface area contributed by atoms with Gasteiger partial charge in [-0.2, -0.15) is 23.0 Å². The third-order valence-electron chi connectivity index (χ3n) is 4.77. The zero-order chi connectivity index (χ0) is 22.6. The highest BCUT2D eigenvalue weighted by Gasteiger charge is 2.30. The van der Waals surface area contributed by atoms with Crippen molar-refractivity contribution in [1.29, 1.82) is 0 Å². The molecule has 0 aliphatic rings. The van der Waals surface area contributed by atoms with Crippen LogP contribution in [-0.4, -0.2) is 15.7 Å². The molecule has 0 bridgehead atoms. The fourth-order valence-electron chi connectivity index (χ4n) is 3.14. The Morgan fingerprint density at radius 2 is 1.81 bits per heavy atom. The minimum atomic E-state index is -4.45. The van der Waals surface area contributed by atoms with E-state index in [1.165, 1.54) is 18.2 Å². The Hall–Kier alpha value is -3.42. The molecule has 0 radical (unpaired) electrons. The molecule has 3 rings (SSSR count). The SMILES string of the molecule is CCCCC(=O)Nc1cccc(-c2cc(=O)n(-c3ccc(C(F)(F)F)cc3)nc2C)c1. The quantitative estimate of drug-likeness (QED) is 0.574. The normalized spacial score (nSPS) is 11.4. The zero-order valence-corrected chi connectivity index (χ0v) is 17.2. The Bertz CT molecular complexity index is 1140. The molecule has 1 amide bonds. The van der Waals surface area contributed by atoms with Gasteiger partial charge in [0, 0.05) is 23.7 Å². The maximum Gasteiger partial charge on any atom is 0.416 e. The predicted octanol–water partition coefficient (Wildman–Crippen LogP) is 5.36. The second kappa shape index (κ2) is 9.16. The van der Waals surface area contributed by atoms with Crippen LogP contribution in [0.4, 0.5) is 18.9 Å². The molecule has 0 fully saturated rings. The van der Waals surface area contributed by atoms with Gasteiger partial charge in [0.1, 0.15) is 0 Å². The first-order valence-electron chi connectivity index (χ1n) is 9.88. The van der Waals surface area contributed by atoms with Crippen LogP contribution in [0.2, 0.25) is 0 Å². The van der Waals surface area contributed by atoms with Crippen LogP contribution in [0.1, 0.15) is 37.4 Å². The van der Waals surface area contributed by atoms with Gasteiger partial charge in [0.15, 0.2) is 0 Å². The third-order valence-corrected chi connectivity index (χ3v) is 4.77. The summed E-state index contributed by atoms with van der Waals surface area (Å²) < 4.78 is 39.4. The summed E-state index contributed by atoms with van der Waals surface area (Å²) in [7, 11) is 0. The van der Waals surface area contributed by atoms with Gasteiger partial charge >= 0.3 is 6.18 Å². The summed E-state index contributed by atoms with van der Waals surface area (Å²) in [5.74, 6) is -0.0773. The van der Waals surface area contributed by atoms with Crippen molar-refractivity contribution in [2.75, 3.05) is 5.32 Å². The first-order valence-corrected chi connectivity index (χ1v) is 9.88. The second-order valence-electron chi connectivity index (χ2n) is 7.17. The molecule has 0 aliphatic carbocycles. The molecule has 3 aromatic rings. The van der Waals surface area contributed by atoms with Crippen LogP contribution in [-0.2, 0) is 11.0 Å². The van der Waals surface area contributed by atoms with E-state index in [1.807, 2.05) is 6.92 Å². The summed E-state index contributed by atoms with van der Waals surface area (Å²) >= 11 is 0. The lowest BCUT2D eigenvalue weighted by Gasteiger charge is -2.12. The molecule has 2 aromatic carbocycles. The van der Waals surface area contributed by atoms with E-state index in [-0.39, 0.29) is 11.6 Å². The smallest absolute Gasteiger partial charge is 0.326 e. The minimum Gasteiger partial charge on any atom is -0.326 e. The minimum absolute atomic E-state index is 0.0773. The van der Waals surface area contributed by atoms with Gasteiger partial charge in [0.25, 0.3) is 5.56 Å². The van der Waals surface area contributed by atoms with Gasteiger partial charge < -0.3 is 5.32 Å². The topological polar surface area (TPSA) is 64.0 Å². The summed E-state index contributed by atoms with van der Waals surface area (Å²) in [6, 6.07) is 12.7. The van der Waals surface area contributed by atoms with Crippen molar-refractivity contribution in [3.05, 3.63) is 76.2 Å². The summed E-state index contributed by atoms with van der Waals surface area (Å²) in [4.78, 5) is 24.6. The molecule has 1 heterocycles. The number of unbranched alkanes of at least 4 members (excludes halogenated alkanes) is 1. The van der Waals surface area contributed by atoms with Gasteiger partial charge in [-0.05, 0) is 55.3 Å². The molecule has 0 saturated heterocycles. The lowest BCUT2D eigenvalue weighted by atomic mass is 10.0. The number of hydrogen-bond acceptors (Lipinski definition) is 3. The molecule has 0 unspecified atom stereocenters. The van der Waals surface area contributed by atoms with Gasteiger partial charge in [-0.25, -0.2) is 0 Å². The lowest BCUT2D eigenvalue weighted by Crippen LogP contribution is -2.22. The van der Waals surface area contributed by atoms with E-state index in [0.29, 0.717) is 28.9 Å². The van der Waals surface area contributed by atoms with Crippen molar-refractivity contribution in [2.45, 2.75) is 39.3 Å². The highest BCUT2D eigenvalue weighted by molar-refractivity contribution is 5.91. The zero-order valence-electron chi connectivity index (χ0n) is 17.2. The van der Waals surface area contributed by atoms with E-state index >= 15 is 0 Å². The maximum absolute atomic E-state index is 12.8. The Labute approximate surface area is 177 Å². The monoisotopic (exact) mass is 429 g/mol. The number of aromatic nitrogens is 2. The fourth-order valence-corrected chi connectivity index (χ4v) is 3.14. The molecule has 8 heteroatoms. The van der Waals surface area contributed by atoms with Gasteiger partial charge in [0.05, 0.1) is 16.9 Å². The number of hydrogen-bond donors (Lipinski definition) is 1. The number of alkyl halides is 3. The summed E-state index contributed by atoms with van der Waals surface area (Å²) in [6.07, 6.45) is -2.29. The van der Waals surface area contributed by atoms with E-state index in [0.717, 1.165) is 29.7 Å². The van der Waals surface area contributed by atoms with Crippen molar-refractivity contribution in [1.82, 2.24) is 9.78 Å². The molecule has 0 spiro atoms. The number of anilines is 1. The van der Waals surface area contributed by atoms with Gasteiger partial charge in [0.2, 0.25) is 5.91 Å².